The van der Waals surface area contributed by atoms with Crippen molar-refractivity contribution in [3.63, 3.8) is 0 Å². The van der Waals surface area contributed by atoms with E-state index in [1.807, 2.05) is 6.92 Å². The van der Waals surface area contributed by atoms with Crippen molar-refractivity contribution < 1.29 is 4.74 Å². The van der Waals surface area contributed by atoms with Crippen LogP contribution >= 0.6 is 11.3 Å². The Morgan fingerprint density at radius 3 is 2.56 bits per heavy atom. The fourth-order valence-corrected chi connectivity index (χ4v) is 2.65. The third kappa shape index (κ3) is 5.46. The molecule has 0 spiro atoms. The average Bonchev–Trinajstić information content (AvgIpc) is 2.65. The fourth-order valence-electron chi connectivity index (χ4n) is 1.67. The molecule has 0 radical (unpaired) electrons. The van der Waals surface area contributed by atoms with Crippen LogP contribution in [0.4, 0.5) is 0 Å². The smallest absolute Gasteiger partial charge is 0.119 e. The summed E-state index contributed by atoms with van der Waals surface area (Å²) in [5, 5.41) is 4.58. The molecule has 0 unspecified atom stereocenters. The minimum Gasteiger partial charge on any atom is -0.375 e. The van der Waals surface area contributed by atoms with Crippen LogP contribution in [-0.4, -0.2) is 17.6 Å². The molecule has 3 nitrogen and oxygen atoms in total. The topological polar surface area (TPSA) is 34.1 Å². The predicted molar refractivity (Wildman–Crippen MR) is 78.0 cm³/mol. The molecular formula is C14H26N2OS. The number of thiazole rings is 1. The van der Waals surface area contributed by atoms with Crippen molar-refractivity contribution in [3.8, 4) is 0 Å². The summed E-state index contributed by atoms with van der Waals surface area (Å²) in [4.78, 5) is 6.09. The Morgan fingerprint density at radius 1 is 1.28 bits per heavy atom. The molecule has 18 heavy (non-hydrogen) atoms. The number of nitrogens with zero attached hydrogens (tertiary/aromatic N) is 1. The van der Waals surface area contributed by atoms with Crippen molar-refractivity contribution in [3.05, 3.63) is 15.6 Å². The standard InChI is InChI=1S/C14H26N2OS/c1-6-17-9-14-16-12(7-10(2)3)13(18-14)8-15-11(4)5/h10-11,15H,6-9H2,1-5H3. The number of hydrogen-bond acceptors (Lipinski definition) is 4. The predicted octanol–water partition coefficient (Wildman–Crippen LogP) is 3.38. The monoisotopic (exact) mass is 270 g/mol. The maximum absolute atomic E-state index is 5.45. The van der Waals surface area contributed by atoms with Crippen molar-refractivity contribution >= 4 is 11.3 Å². The van der Waals surface area contributed by atoms with Crippen LogP contribution in [0.15, 0.2) is 0 Å². The van der Waals surface area contributed by atoms with Crippen LogP contribution in [-0.2, 0) is 24.3 Å². The molecule has 1 N–H and O–H groups in total. The van der Waals surface area contributed by atoms with Gasteiger partial charge in [0.1, 0.15) is 5.01 Å². The van der Waals surface area contributed by atoms with Crippen LogP contribution in [0.2, 0.25) is 0 Å². The molecular weight excluding hydrogens is 244 g/mol. The van der Waals surface area contributed by atoms with E-state index in [-0.39, 0.29) is 0 Å². The van der Waals surface area contributed by atoms with E-state index in [1.54, 1.807) is 11.3 Å². The van der Waals surface area contributed by atoms with Crippen LogP contribution in [0, 0.1) is 5.92 Å². The highest BCUT2D eigenvalue weighted by atomic mass is 32.1. The van der Waals surface area contributed by atoms with E-state index < -0.39 is 0 Å². The fraction of sp³-hybridized carbons (Fsp3) is 0.786. The molecule has 0 fully saturated rings. The summed E-state index contributed by atoms with van der Waals surface area (Å²) >= 11 is 1.78. The second-order valence-electron chi connectivity index (χ2n) is 5.25. The van der Waals surface area contributed by atoms with Gasteiger partial charge in [0.2, 0.25) is 0 Å². The van der Waals surface area contributed by atoms with Gasteiger partial charge in [-0.05, 0) is 19.3 Å². The maximum atomic E-state index is 5.45. The van der Waals surface area contributed by atoms with Crippen molar-refractivity contribution in [2.75, 3.05) is 6.61 Å². The summed E-state index contributed by atoms with van der Waals surface area (Å²) in [7, 11) is 0. The van der Waals surface area contributed by atoms with Gasteiger partial charge in [0.15, 0.2) is 0 Å². The Labute approximate surface area is 115 Å². The number of rotatable bonds is 8. The van der Waals surface area contributed by atoms with Gasteiger partial charge >= 0.3 is 0 Å². The van der Waals surface area contributed by atoms with Gasteiger partial charge in [-0.3, -0.25) is 0 Å². The van der Waals surface area contributed by atoms with Gasteiger partial charge in [0.25, 0.3) is 0 Å². The zero-order valence-electron chi connectivity index (χ0n) is 12.2. The van der Waals surface area contributed by atoms with Crippen molar-refractivity contribution in [1.29, 1.82) is 0 Å². The Morgan fingerprint density at radius 2 is 2.00 bits per heavy atom. The average molecular weight is 270 g/mol. The van der Waals surface area contributed by atoms with Crippen molar-refractivity contribution in [2.45, 2.75) is 60.2 Å². The second kappa shape index (κ2) is 7.87. The van der Waals surface area contributed by atoms with Crippen LogP contribution in [0.3, 0.4) is 0 Å². The highest BCUT2D eigenvalue weighted by Crippen LogP contribution is 2.22. The van der Waals surface area contributed by atoms with Gasteiger partial charge in [-0.25, -0.2) is 4.98 Å². The van der Waals surface area contributed by atoms with Crippen LogP contribution in [0.1, 0.15) is 50.2 Å². The third-order valence-corrected chi connectivity index (χ3v) is 3.60. The summed E-state index contributed by atoms with van der Waals surface area (Å²) in [5.74, 6) is 0.643. The molecule has 0 saturated heterocycles. The molecule has 1 aromatic rings. The lowest BCUT2D eigenvalue weighted by Gasteiger charge is -2.08. The molecule has 0 atom stereocenters. The summed E-state index contributed by atoms with van der Waals surface area (Å²) < 4.78 is 5.45. The van der Waals surface area contributed by atoms with E-state index in [9.17, 15) is 0 Å². The third-order valence-electron chi connectivity index (χ3n) is 2.52. The number of hydrogen-bond donors (Lipinski definition) is 1. The van der Waals surface area contributed by atoms with Gasteiger partial charge < -0.3 is 10.1 Å². The Balaban J connectivity index is 2.72. The lowest BCUT2D eigenvalue weighted by molar-refractivity contribution is 0.133. The Kier molecular flexibility index (Phi) is 6.82. The molecule has 104 valence electrons. The first-order valence-corrected chi connectivity index (χ1v) is 7.63. The number of aromatic nitrogens is 1. The van der Waals surface area contributed by atoms with Gasteiger partial charge in [-0.1, -0.05) is 27.7 Å². The molecule has 0 aliphatic rings. The Hall–Kier alpha value is -0.450. The van der Waals surface area contributed by atoms with E-state index in [0.29, 0.717) is 18.6 Å². The lowest BCUT2D eigenvalue weighted by Crippen LogP contribution is -2.22. The van der Waals surface area contributed by atoms with Gasteiger partial charge in [-0.2, -0.15) is 0 Å². The highest BCUT2D eigenvalue weighted by Gasteiger charge is 2.12. The van der Waals surface area contributed by atoms with Gasteiger partial charge in [0.05, 0.1) is 12.3 Å². The number of ether oxygens (including phenoxy) is 1. The minimum absolute atomic E-state index is 0.509. The first-order valence-electron chi connectivity index (χ1n) is 6.81. The summed E-state index contributed by atoms with van der Waals surface area (Å²) in [6.07, 6.45) is 1.05. The minimum atomic E-state index is 0.509. The van der Waals surface area contributed by atoms with E-state index in [0.717, 1.165) is 24.6 Å². The quantitative estimate of drug-likeness (QED) is 0.786. The lowest BCUT2D eigenvalue weighted by atomic mass is 10.1. The van der Waals surface area contributed by atoms with E-state index >= 15 is 0 Å². The largest absolute Gasteiger partial charge is 0.375 e. The zero-order chi connectivity index (χ0) is 13.5. The van der Waals surface area contributed by atoms with Gasteiger partial charge in [0, 0.05) is 24.1 Å². The molecule has 0 amide bonds. The molecule has 0 bridgehead atoms. The Bertz CT molecular complexity index is 348. The van der Waals surface area contributed by atoms with E-state index in [1.165, 1.54) is 10.6 Å². The molecule has 0 aliphatic carbocycles. The van der Waals surface area contributed by atoms with Crippen LogP contribution in [0.5, 0.6) is 0 Å². The highest BCUT2D eigenvalue weighted by molar-refractivity contribution is 7.11. The molecule has 0 saturated carbocycles. The second-order valence-corrected chi connectivity index (χ2v) is 6.42. The number of nitrogens with one attached hydrogen (secondary N) is 1. The van der Waals surface area contributed by atoms with Crippen LogP contribution < -0.4 is 5.32 Å². The van der Waals surface area contributed by atoms with E-state index in [2.05, 4.69) is 33.0 Å². The summed E-state index contributed by atoms with van der Waals surface area (Å²) in [6.45, 7) is 13.1. The molecule has 0 aliphatic heterocycles. The zero-order valence-corrected chi connectivity index (χ0v) is 13.1. The molecule has 1 aromatic heterocycles. The maximum Gasteiger partial charge on any atom is 0.119 e. The first-order chi connectivity index (χ1) is 8.52. The SMILES string of the molecule is CCOCc1nc(CC(C)C)c(CNC(C)C)s1. The molecule has 1 rings (SSSR count). The first kappa shape index (κ1) is 15.6. The molecule has 1 heterocycles. The normalized spacial score (nSPS) is 11.7. The van der Waals surface area contributed by atoms with Crippen LogP contribution in [0.25, 0.3) is 0 Å². The molecule has 0 aromatic carbocycles. The van der Waals surface area contributed by atoms with E-state index in [4.69, 9.17) is 9.72 Å². The van der Waals surface area contributed by atoms with Crippen molar-refractivity contribution in [2.24, 2.45) is 5.92 Å². The van der Waals surface area contributed by atoms with Crippen molar-refractivity contribution in [1.82, 2.24) is 10.3 Å². The van der Waals surface area contributed by atoms with Gasteiger partial charge in [-0.15, -0.1) is 11.3 Å². The molecule has 4 heteroatoms. The summed E-state index contributed by atoms with van der Waals surface area (Å²) in [5.41, 5.74) is 1.25. The summed E-state index contributed by atoms with van der Waals surface area (Å²) in [6, 6.07) is 0.509.